The van der Waals surface area contributed by atoms with E-state index in [0.29, 0.717) is 5.02 Å². The highest BCUT2D eigenvalue weighted by Gasteiger charge is 2.39. The van der Waals surface area contributed by atoms with E-state index in [9.17, 15) is 4.79 Å². The molecule has 0 atom stereocenters. The zero-order valence-corrected chi connectivity index (χ0v) is 11.0. The molecule has 0 bridgehead atoms. The summed E-state index contributed by atoms with van der Waals surface area (Å²) in [5.74, 6) is -0.240. The average molecular weight is 275 g/mol. The highest BCUT2D eigenvalue weighted by Crippen LogP contribution is 2.33. The van der Waals surface area contributed by atoms with E-state index in [0.717, 1.165) is 31.5 Å². The van der Waals surface area contributed by atoms with Gasteiger partial charge in [0, 0.05) is 5.02 Å². The van der Waals surface area contributed by atoms with Crippen LogP contribution in [-0.2, 0) is 10.2 Å². The fraction of sp³-hybridized carbons (Fsp3) is 0.417. The molecular weight excluding hydrogens is 259 g/mol. The number of piperidine rings is 1. The Labute approximate surface area is 112 Å². The van der Waals surface area contributed by atoms with Crippen LogP contribution < -0.4 is 11.1 Å². The van der Waals surface area contributed by atoms with E-state index in [-0.39, 0.29) is 18.3 Å². The first-order valence-electron chi connectivity index (χ1n) is 5.42. The maximum absolute atomic E-state index is 11.7. The number of primary amides is 1. The molecule has 1 aliphatic heterocycles. The second-order valence-electron chi connectivity index (χ2n) is 4.20. The highest BCUT2D eigenvalue weighted by atomic mass is 35.5. The average Bonchev–Trinajstić information content (AvgIpc) is 2.30. The number of hydrogen-bond donors (Lipinski definition) is 2. The number of nitrogens with two attached hydrogens (primary N) is 1. The summed E-state index contributed by atoms with van der Waals surface area (Å²) in [4.78, 5) is 11.7. The third-order valence-corrected chi connectivity index (χ3v) is 3.58. The summed E-state index contributed by atoms with van der Waals surface area (Å²) in [5, 5.41) is 3.92. The SMILES string of the molecule is Cl.NC(=O)C1(c2ccc(Cl)cc2)CCNCC1. The Morgan fingerprint density at radius 3 is 2.24 bits per heavy atom. The maximum atomic E-state index is 11.7. The summed E-state index contributed by atoms with van der Waals surface area (Å²) in [5.41, 5.74) is 6.03. The lowest BCUT2D eigenvalue weighted by Gasteiger charge is -2.35. The molecular formula is C12H16Cl2N2O. The number of halogens is 2. The fourth-order valence-electron chi connectivity index (χ4n) is 2.30. The van der Waals surface area contributed by atoms with Crippen molar-refractivity contribution in [2.24, 2.45) is 5.73 Å². The molecule has 0 aliphatic carbocycles. The summed E-state index contributed by atoms with van der Waals surface area (Å²) < 4.78 is 0. The third kappa shape index (κ3) is 2.73. The van der Waals surface area contributed by atoms with Gasteiger partial charge in [-0.25, -0.2) is 0 Å². The molecule has 1 amide bonds. The molecule has 1 aliphatic rings. The van der Waals surface area contributed by atoms with Crippen molar-refractivity contribution in [3.63, 3.8) is 0 Å². The molecule has 1 saturated heterocycles. The van der Waals surface area contributed by atoms with Gasteiger partial charge in [0.2, 0.25) is 5.91 Å². The van der Waals surface area contributed by atoms with E-state index < -0.39 is 5.41 Å². The van der Waals surface area contributed by atoms with Crippen LogP contribution in [0.5, 0.6) is 0 Å². The monoisotopic (exact) mass is 274 g/mol. The van der Waals surface area contributed by atoms with Gasteiger partial charge in [-0.1, -0.05) is 23.7 Å². The number of nitrogens with one attached hydrogen (secondary N) is 1. The summed E-state index contributed by atoms with van der Waals surface area (Å²) in [6.45, 7) is 1.65. The second-order valence-corrected chi connectivity index (χ2v) is 4.64. The molecule has 2 rings (SSSR count). The first kappa shape index (κ1) is 14.3. The van der Waals surface area contributed by atoms with Crippen LogP contribution >= 0.6 is 24.0 Å². The standard InChI is InChI=1S/C12H15ClN2O.ClH/c13-10-3-1-9(2-4-10)12(11(14)16)5-7-15-8-6-12;/h1-4,15H,5-8H2,(H2,14,16);1H. The lowest BCUT2D eigenvalue weighted by molar-refractivity contribution is -0.124. The first-order chi connectivity index (χ1) is 7.65. The van der Waals surface area contributed by atoms with Crippen LogP contribution in [-0.4, -0.2) is 19.0 Å². The summed E-state index contributed by atoms with van der Waals surface area (Å²) in [6, 6.07) is 7.42. The molecule has 0 unspecified atom stereocenters. The fourth-order valence-corrected chi connectivity index (χ4v) is 2.43. The molecule has 5 heteroatoms. The molecule has 0 aromatic heterocycles. The molecule has 17 heavy (non-hydrogen) atoms. The highest BCUT2D eigenvalue weighted by molar-refractivity contribution is 6.30. The van der Waals surface area contributed by atoms with Gasteiger partial charge in [-0.3, -0.25) is 4.79 Å². The van der Waals surface area contributed by atoms with Crippen molar-refractivity contribution in [2.45, 2.75) is 18.3 Å². The zero-order valence-electron chi connectivity index (χ0n) is 9.41. The number of carbonyl (C=O) groups is 1. The van der Waals surface area contributed by atoms with Crippen molar-refractivity contribution in [2.75, 3.05) is 13.1 Å². The molecule has 1 fully saturated rings. The Bertz CT molecular complexity index is 386. The Hall–Kier alpha value is -0.770. The normalized spacial score (nSPS) is 18.2. The quantitative estimate of drug-likeness (QED) is 0.865. The van der Waals surface area contributed by atoms with Crippen LogP contribution in [0.4, 0.5) is 0 Å². The van der Waals surface area contributed by atoms with E-state index in [4.69, 9.17) is 17.3 Å². The summed E-state index contributed by atoms with van der Waals surface area (Å²) >= 11 is 5.85. The van der Waals surface area contributed by atoms with E-state index in [1.54, 1.807) is 0 Å². The zero-order chi connectivity index (χ0) is 11.6. The topological polar surface area (TPSA) is 55.1 Å². The largest absolute Gasteiger partial charge is 0.369 e. The molecule has 0 spiro atoms. The second kappa shape index (κ2) is 5.71. The number of carbonyl (C=O) groups excluding carboxylic acids is 1. The maximum Gasteiger partial charge on any atom is 0.228 e. The number of benzene rings is 1. The van der Waals surface area contributed by atoms with E-state index >= 15 is 0 Å². The van der Waals surface area contributed by atoms with Crippen molar-refractivity contribution in [3.05, 3.63) is 34.9 Å². The van der Waals surface area contributed by atoms with Gasteiger partial charge in [0.15, 0.2) is 0 Å². The summed E-state index contributed by atoms with van der Waals surface area (Å²) in [6.07, 6.45) is 1.51. The van der Waals surface area contributed by atoms with Gasteiger partial charge in [0.25, 0.3) is 0 Å². The lowest BCUT2D eigenvalue weighted by Crippen LogP contribution is -2.48. The minimum Gasteiger partial charge on any atom is -0.369 e. The molecule has 94 valence electrons. The van der Waals surface area contributed by atoms with Crippen molar-refractivity contribution in [3.8, 4) is 0 Å². The molecule has 1 heterocycles. The van der Waals surface area contributed by atoms with Gasteiger partial charge < -0.3 is 11.1 Å². The van der Waals surface area contributed by atoms with Gasteiger partial charge in [-0.2, -0.15) is 0 Å². The van der Waals surface area contributed by atoms with Crippen LogP contribution in [0.3, 0.4) is 0 Å². The van der Waals surface area contributed by atoms with Crippen LogP contribution in [0.2, 0.25) is 5.02 Å². The predicted molar refractivity (Wildman–Crippen MR) is 71.7 cm³/mol. The summed E-state index contributed by atoms with van der Waals surface area (Å²) in [7, 11) is 0. The van der Waals surface area contributed by atoms with Crippen LogP contribution in [0.15, 0.2) is 24.3 Å². The third-order valence-electron chi connectivity index (χ3n) is 3.33. The van der Waals surface area contributed by atoms with Crippen molar-refractivity contribution < 1.29 is 4.79 Å². The minimum atomic E-state index is -0.518. The van der Waals surface area contributed by atoms with Crippen LogP contribution in [0, 0.1) is 0 Å². The van der Waals surface area contributed by atoms with Gasteiger partial charge >= 0.3 is 0 Å². The van der Waals surface area contributed by atoms with Gasteiger partial charge in [-0.05, 0) is 43.6 Å². The first-order valence-corrected chi connectivity index (χ1v) is 5.80. The molecule has 0 saturated carbocycles. The lowest BCUT2D eigenvalue weighted by atomic mass is 9.72. The Balaban J connectivity index is 0.00000144. The Kier molecular flexibility index (Phi) is 4.80. The molecule has 0 radical (unpaired) electrons. The number of rotatable bonds is 2. The van der Waals surface area contributed by atoms with Gasteiger partial charge in [-0.15, -0.1) is 12.4 Å². The molecule has 3 N–H and O–H groups in total. The molecule has 1 aromatic carbocycles. The van der Waals surface area contributed by atoms with E-state index in [1.807, 2.05) is 24.3 Å². The number of amides is 1. The van der Waals surface area contributed by atoms with Gasteiger partial charge in [0.05, 0.1) is 5.41 Å². The smallest absolute Gasteiger partial charge is 0.228 e. The predicted octanol–water partition coefficient (Wildman–Crippen LogP) is 1.87. The minimum absolute atomic E-state index is 0. The molecule has 1 aromatic rings. The van der Waals surface area contributed by atoms with Crippen molar-refractivity contribution in [1.29, 1.82) is 0 Å². The van der Waals surface area contributed by atoms with Crippen molar-refractivity contribution in [1.82, 2.24) is 5.32 Å². The van der Waals surface area contributed by atoms with E-state index in [2.05, 4.69) is 5.32 Å². The van der Waals surface area contributed by atoms with Crippen LogP contribution in [0.25, 0.3) is 0 Å². The Morgan fingerprint density at radius 1 is 1.24 bits per heavy atom. The van der Waals surface area contributed by atoms with E-state index in [1.165, 1.54) is 0 Å². The number of hydrogen-bond acceptors (Lipinski definition) is 2. The van der Waals surface area contributed by atoms with Gasteiger partial charge in [0.1, 0.15) is 0 Å². The van der Waals surface area contributed by atoms with Crippen molar-refractivity contribution >= 4 is 29.9 Å². The van der Waals surface area contributed by atoms with Crippen LogP contribution in [0.1, 0.15) is 18.4 Å². The molecule has 3 nitrogen and oxygen atoms in total. The Morgan fingerprint density at radius 2 is 1.76 bits per heavy atom.